The summed E-state index contributed by atoms with van der Waals surface area (Å²) >= 11 is 0. The van der Waals surface area contributed by atoms with Gasteiger partial charge >= 0.3 is 0 Å². The fourth-order valence-corrected chi connectivity index (χ4v) is 1.61. The Morgan fingerprint density at radius 3 is 2.53 bits per heavy atom. The Kier molecular flexibility index (Phi) is 3.27. The number of nitrogens with one attached hydrogen (secondary N) is 1. The van der Waals surface area contributed by atoms with Crippen molar-refractivity contribution in [1.29, 1.82) is 0 Å². The number of fused-ring (bicyclic) bond motifs is 1. The van der Waals surface area contributed by atoms with Crippen LogP contribution in [-0.4, -0.2) is 16.5 Å². The van der Waals surface area contributed by atoms with Gasteiger partial charge in [0.1, 0.15) is 5.82 Å². The minimum Gasteiger partial charge on any atom is -0.369 e. The number of benzene rings is 1. The summed E-state index contributed by atoms with van der Waals surface area (Å²) in [7, 11) is 0. The van der Waals surface area contributed by atoms with Gasteiger partial charge in [-0.25, -0.2) is 4.98 Å². The molecule has 0 unspecified atom stereocenters. The van der Waals surface area contributed by atoms with Gasteiger partial charge in [0.05, 0.1) is 17.2 Å². The lowest BCUT2D eigenvalue weighted by Crippen LogP contribution is -2.13. The maximum Gasteiger partial charge on any atom is 0.145 e. The Hall–Kier alpha value is -1.64. The van der Waals surface area contributed by atoms with Crippen LogP contribution >= 0.6 is 0 Å². The second-order valence-electron chi connectivity index (χ2n) is 5.48. The summed E-state index contributed by atoms with van der Waals surface area (Å²) < 4.78 is 0. The highest BCUT2D eigenvalue weighted by Gasteiger charge is 2.09. The van der Waals surface area contributed by atoms with Gasteiger partial charge in [-0.1, -0.05) is 32.9 Å². The number of aromatic nitrogens is 2. The van der Waals surface area contributed by atoms with Crippen molar-refractivity contribution in [1.82, 2.24) is 9.97 Å². The van der Waals surface area contributed by atoms with E-state index in [0.29, 0.717) is 5.41 Å². The van der Waals surface area contributed by atoms with Gasteiger partial charge in [0.15, 0.2) is 0 Å². The normalized spacial score (nSPS) is 11.7. The van der Waals surface area contributed by atoms with E-state index in [2.05, 4.69) is 36.1 Å². The van der Waals surface area contributed by atoms with Crippen molar-refractivity contribution in [2.75, 3.05) is 11.9 Å². The molecule has 0 spiro atoms. The van der Waals surface area contributed by atoms with Crippen molar-refractivity contribution in [2.45, 2.75) is 27.2 Å². The molecular formula is C14H19N3. The van der Waals surface area contributed by atoms with Crippen LogP contribution in [0, 0.1) is 5.41 Å². The highest BCUT2D eigenvalue weighted by atomic mass is 15.0. The molecule has 1 N–H and O–H groups in total. The van der Waals surface area contributed by atoms with E-state index in [1.165, 1.54) is 0 Å². The third-order valence-electron chi connectivity index (χ3n) is 2.63. The summed E-state index contributed by atoms with van der Waals surface area (Å²) in [5.74, 6) is 0.855. The molecule has 1 aromatic carbocycles. The summed E-state index contributed by atoms with van der Waals surface area (Å²) in [6.07, 6.45) is 2.91. The van der Waals surface area contributed by atoms with Crippen LogP contribution in [0.3, 0.4) is 0 Å². The van der Waals surface area contributed by atoms with Crippen molar-refractivity contribution in [3.8, 4) is 0 Å². The summed E-state index contributed by atoms with van der Waals surface area (Å²) in [6, 6.07) is 7.91. The highest BCUT2D eigenvalue weighted by molar-refractivity contribution is 5.75. The fraction of sp³-hybridized carbons (Fsp3) is 0.429. The Bertz CT molecular complexity index is 500. The van der Waals surface area contributed by atoms with Crippen LogP contribution in [0.4, 0.5) is 5.82 Å². The zero-order chi connectivity index (χ0) is 12.3. The highest BCUT2D eigenvalue weighted by Crippen LogP contribution is 2.18. The van der Waals surface area contributed by atoms with Gasteiger partial charge in [0, 0.05) is 6.54 Å². The van der Waals surface area contributed by atoms with Crippen LogP contribution in [0.15, 0.2) is 30.5 Å². The molecule has 0 aliphatic rings. The summed E-state index contributed by atoms with van der Waals surface area (Å²) in [4.78, 5) is 8.89. The van der Waals surface area contributed by atoms with Crippen LogP contribution in [0.25, 0.3) is 11.0 Å². The lowest BCUT2D eigenvalue weighted by atomic mass is 9.92. The van der Waals surface area contributed by atoms with Crippen molar-refractivity contribution in [2.24, 2.45) is 5.41 Å². The smallest absolute Gasteiger partial charge is 0.145 e. The van der Waals surface area contributed by atoms with E-state index >= 15 is 0 Å². The lowest BCUT2D eigenvalue weighted by molar-refractivity contribution is 0.389. The second kappa shape index (κ2) is 4.70. The van der Waals surface area contributed by atoms with Crippen LogP contribution in [0.2, 0.25) is 0 Å². The van der Waals surface area contributed by atoms with E-state index < -0.39 is 0 Å². The van der Waals surface area contributed by atoms with E-state index in [1.807, 2.05) is 24.3 Å². The average molecular weight is 229 g/mol. The largest absolute Gasteiger partial charge is 0.369 e. The van der Waals surface area contributed by atoms with E-state index in [4.69, 9.17) is 0 Å². The topological polar surface area (TPSA) is 37.8 Å². The minimum absolute atomic E-state index is 0.345. The average Bonchev–Trinajstić information content (AvgIpc) is 2.27. The minimum atomic E-state index is 0.345. The monoisotopic (exact) mass is 229 g/mol. The lowest BCUT2D eigenvalue weighted by Gasteiger charge is -2.18. The summed E-state index contributed by atoms with van der Waals surface area (Å²) in [5, 5.41) is 3.32. The molecule has 0 aliphatic heterocycles. The zero-order valence-corrected chi connectivity index (χ0v) is 10.7. The van der Waals surface area contributed by atoms with Crippen molar-refractivity contribution in [3.63, 3.8) is 0 Å². The van der Waals surface area contributed by atoms with E-state index in [0.717, 1.165) is 29.8 Å². The van der Waals surface area contributed by atoms with Crippen molar-refractivity contribution < 1.29 is 0 Å². The number of hydrogen-bond acceptors (Lipinski definition) is 3. The Labute approximate surface area is 102 Å². The molecule has 0 saturated heterocycles. The quantitative estimate of drug-likeness (QED) is 0.875. The Morgan fingerprint density at radius 1 is 1.12 bits per heavy atom. The molecule has 17 heavy (non-hydrogen) atoms. The molecule has 1 heterocycles. The molecule has 90 valence electrons. The van der Waals surface area contributed by atoms with Gasteiger partial charge in [-0.15, -0.1) is 0 Å². The van der Waals surface area contributed by atoms with Crippen molar-refractivity contribution in [3.05, 3.63) is 30.5 Å². The molecular weight excluding hydrogens is 210 g/mol. The summed E-state index contributed by atoms with van der Waals surface area (Å²) in [6.45, 7) is 7.64. The molecule has 2 rings (SSSR count). The molecule has 0 aliphatic carbocycles. The number of nitrogens with zero attached hydrogens (tertiary/aromatic N) is 2. The van der Waals surface area contributed by atoms with Crippen LogP contribution in [-0.2, 0) is 0 Å². The molecule has 3 nitrogen and oxygen atoms in total. The van der Waals surface area contributed by atoms with E-state index in [9.17, 15) is 0 Å². The number of rotatable bonds is 3. The molecule has 0 amide bonds. The Balaban J connectivity index is 2.04. The van der Waals surface area contributed by atoms with Crippen LogP contribution in [0.1, 0.15) is 27.2 Å². The van der Waals surface area contributed by atoms with E-state index in [1.54, 1.807) is 6.20 Å². The van der Waals surface area contributed by atoms with Gasteiger partial charge < -0.3 is 5.32 Å². The molecule has 0 fully saturated rings. The van der Waals surface area contributed by atoms with Gasteiger partial charge in [-0.3, -0.25) is 4.98 Å². The maximum atomic E-state index is 4.52. The predicted molar refractivity (Wildman–Crippen MR) is 72.1 cm³/mol. The zero-order valence-electron chi connectivity index (χ0n) is 10.7. The first-order valence-electron chi connectivity index (χ1n) is 6.00. The third-order valence-corrected chi connectivity index (χ3v) is 2.63. The number of hydrogen-bond donors (Lipinski definition) is 1. The third kappa shape index (κ3) is 3.41. The van der Waals surface area contributed by atoms with Crippen LogP contribution < -0.4 is 5.32 Å². The first kappa shape index (κ1) is 11.8. The molecule has 0 atom stereocenters. The molecule has 0 saturated carbocycles. The van der Waals surface area contributed by atoms with E-state index in [-0.39, 0.29) is 0 Å². The molecule has 3 heteroatoms. The van der Waals surface area contributed by atoms with Crippen LogP contribution in [0.5, 0.6) is 0 Å². The van der Waals surface area contributed by atoms with Gasteiger partial charge in [-0.05, 0) is 24.0 Å². The molecule has 1 aromatic heterocycles. The second-order valence-corrected chi connectivity index (χ2v) is 5.48. The number of anilines is 1. The van der Waals surface area contributed by atoms with Gasteiger partial charge in [0.25, 0.3) is 0 Å². The van der Waals surface area contributed by atoms with Crippen molar-refractivity contribution >= 4 is 16.9 Å². The summed E-state index contributed by atoms with van der Waals surface area (Å²) in [5.41, 5.74) is 2.22. The molecule has 2 aromatic rings. The predicted octanol–water partition coefficient (Wildman–Crippen LogP) is 3.48. The SMILES string of the molecule is CC(C)(C)CCNc1cnc2ccccc2n1. The number of para-hydroxylation sites is 2. The first-order chi connectivity index (χ1) is 8.04. The maximum absolute atomic E-state index is 4.52. The Morgan fingerprint density at radius 2 is 1.82 bits per heavy atom. The fourth-order valence-electron chi connectivity index (χ4n) is 1.61. The van der Waals surface area contributed by atoms with Gasteiger partial charge in [0.2, 0.25) is 0 Å². The standard InChI is InChI=1S/C14H19N3/c1-14(2,3)8-9-15-13-10-16-11-6-4-5-7-12(11)17-13/h4-7,10H,8-9H2,1-3H3,(H,15,17). The molecule has 0 bridgehead atoms. The van der Waals surface area contributed by atoms with Gasteiger partial charge in [-0.2, -0.15) is 0 Å². The molecule has 0 radical (unpaired) electrons. The first-order valence-corrected chi connectivity index (χ1v) is 6.00.